The molecule has 1 aliphatic rings. The summed E-state index contributed by atoms with van der Waals surface area (Å²) in [5.74, 6) is 2.69. The Morgan fingerprint density at radius 2 is 1.80 bits per heavy atom. The van der Waals surface area contributed by atoms with E-state index < -0.39 is 0 Å². The van der Waals surface area contributed by atoms with Crippen molar-refractivity contribution in [3.05, 3.63) is 34.9 Å². The molecule has 1 aliphatic heterocycles. The van der Waals surface area contributed by atoms with Crippen molar-refractivity contribution in [3.8, 4) is 0 Å². The summed E-state index contributed by atoms with van der Waals surface area (Å²) < 4.78 is 0.814. The number of halogens is 1. The van der Waals surface area contributed by atoms with Crippen LogP contribution in [0.15, 0.2) is 24.3 Å². The van der Waals surface area contributed by atoms with Gasteiger partial charge in [-0.15, -0.1) is 23.5 Å². The molecule has 1 fully saturated rings. The third-order valence-electron chi connectivity index (χ3n) is 2.48. The molecule has 0 radical (unpaired) electrons. The molecular formula is C12H15ClS2. The highest BCUT2D eigenvalue weighted by Crippen LogP contribution is 2.33. The molecule has 0 bridgehead atoms. The van der Waals surface area contributed by atoms with Crippen LogP contribution < -0.4 is 0 Å². The number of aryl methyl sites for hydroxylation is 1. The van der Waals surface area contributed by atoms with Gasteiger partial charge in [-0.1, -0.05) is 23.7 Å². The molecule has 0 unspecified atom stereocenters. The molecule has 15 heavy (non-hydrogen) atoms. The minimum absolute atomic E-state index is 0.814. The van der Waals surface area contributed by atoms with Crippen molar-refractivity contribution in [2.75, 3.05) is 11.5 Å². The first-order valence-electron chi connectivity index (χ1n) is 5.32. The zero-order valence-electron chi connectivity index (χ0n) is 8.62. The molecule has 2 rings (SSSR count). The molecule has 0 spiro atoms. The number of hydrogen-bond acceptors (Lipinski definition) is 2. The van der Waals surface area contributed by atoms with Crippen molar-refractivity contribution in [1.82, 2.24) is 0 Å². The van der Waals surface area contributed by atoms with E-state index in [1.165, 1.54) is 36.3 Å². The van der Waals surface area contributed by atoms with Crippen molar-refractivity contribution in [2.24, 2.45) is 0 Å². The lowest BCUT2D eigenvalue weighted by Crippen LogP contribution is -2.07. The lowest BCUT2D eigenvalue weighted by molar-refractivity contribution is 0.894. The maximum absolute atomic E-state index is 5.85. The summed E-state index contributed by atoms with van der Waals surface area (Å²) in [5.41, 5.74) is 1.41. The third-order valence-corrected chi connectivity index (χ3v) is 5.81. The predicted molar refractivity (Wildman–Crippen MR) is 73.1 cm³/mol. The first-order valence-corrected chi connectivity index (χ1v) is 7.80. The van der Waals surface area contributed by atoms with E-state index in [0.29, 0.717) is 0 Å². The second kappa shape index (κ2) is 6.07. The van der Waals surface area contributed by atoms with Gasteiger partial charge in [-0.25, -0.2) is 0 Å². The van der Waals surface area contributed by atoms with Gasteiger partial charge < -0.3 is 0 Å². The zero-order chi connectivity index (χ0) is 10.5. The van der Waals surface area contributed by atoms with Crippen LogP contribution in [0.25, 0.3) is 0 Å². The Morgan fingerprint density at radius 1 is 1.13 bits per heavy atom. The summed E-state index contributed by atoms with van der Waals surface area (Å²) in [7, 11) is 0. The fraction of sp³-hybridized carbons (Fsp3) is 0.500. The zero-order valence-corrected chi connectivity index (χ0v) is 11.0. The second-order valence-electron chi connectivity index (χ2n) is 3.69. The van der Waals surface area contributed by atoms with E-state index in [-0.39, 0.29) is 0 Å². The minimum atomic E-state index is 0.814. The van der Waals surface area contributed by atoms with Crippen LogP contribution in [-0.2, 0) is 6.42 Å². The van der Waals surface area contributed by atoms with Crippen molar-refractivity contribution >= 4 is 35.1 Å². The van der Waals surface area contributed by atoms with Gasteiger partial charge in [0.2, 0.25) is 0 Å². The molecule has 1 aromatic carbocycles. The van der Waals surface area contributed by atoms with Crippen molar-refractivity contribution in [3.63, 3.8) is 0 Å². The normalized spacial score (nSPS) is 17.9. The standard InChI is InChI=1S/C12H15ClS2/c13-11-5-2-10(3-6-11)4-7-12-14-8-1-9-15-12/h2-3,5-6,12H,1,4,7-9H2. The molecule has 3 heteroatoms. The fourth-order valence-corrected chi connectivity index (χ4v) is 4.63. The van der Waals surface area contributed by atoms with Gasteiger partial charge in [0.1, 0.15) is 0 Å². The Kier molecular flexibility index (Phi) is 4.73. The van der Waals surface area contributed by atoms with Crippen molar-refractivity contribution in [2.45, 2.75) is 23.8 Å². The van der Waals surface area contributed by atoms with Crippen molar-refractivity contribution < 1.29 is 0 Å². The summed E-state index contributed by atoms with van der Waals surface area (Å²) in [6, 6.07) is 8.25. The SMILES string of the molecule is Clc1ccc(CCC2SCCCS2)cc1. The van der Waals surface area contributed by atoms with Gasteiger partial charge in [-0.2, -0.15) is 0 Å². The van der Waals surface area contributed by atoms with E-state index in [1.54, 1.807) is 0 Å². The summed E-state index contributed by atoms with van der Waals surface area (Å²) in [4.78, 5) is 0. The van der Waals surface area contributed by atoms with Gasteiger partial charge >= 0.3 is 0 Å². The Labute approximate surface area is 105 Å². The average molecular weight is 259 g/mol. The van der Waals surface area contributed by atoms with E-state index in [1.807, 2.05) is 12.1 Å². The number of hydrogen-bond donors (Lipinski definition) is 0. The van der Waals surface area contributed by atoms with Crippen LogP contribution in [0.1, 0.15) is 18.4 Å². The molecule has 82 valence electrons. The lowest BCUT2D eigenvalue weighted by atomic mass is 10.1. The van der Waals surface area contributed by atoms with Crippen LogP contribution in [0, 0.1) is 0 Å². The quantitative estimate of drug-likeness (QED) is 0.785. The Bertz CT molecular complexity index is 291. The molecule has 0 amide bonds. The smallest absolute Gasteiger partial charge is 0.0505 e. The van der Waals surface area contributed by atoms with Gasteiger partial charge in [0.15, 0.2) is 0 Å². The summed E-state index contributed by atoms with van der Waals surface area (Å²) in [5, 5.41) is 0.833. The van der Waals surface area contributed by atoms with Crippen molar-refractivity contribution in [1.29, 1.82) is 0 Å². The topological polar surface area (TPSA) is 0 Å². The predicted octanol–water partition coefficient (Wildman–Crippen LogP) is 4.47. The van der Waals surface area contributed by atoms with E-state index in [9.17, 15) is 0 Å². The number of thioether (sulfide) groups is 2. The van der Waals surface area contributed by atoms with Gasteiger partial charge in [0.25, 0.3) is 0 Å². The van der Waals surface area contributed by atoms with Gasteiger partial charge in [0, 0.05) is 5.02 Å². The summed E-state index contributed by atoms with van der Waals surface area (Å²) >= 11 is 10.1. The lowest BCUT2D eigenvalue weighted by Gasteiger charge is -2.20. The maximum atomic E-state index is 5.85. The molecular weight excluding hydrogens is 244 g/mol. The minimum Gasteiger partial charge on any atom is -0.148 e. The van der Waals surface area contributed by atoms with E-state index in [2.05, 4.69) is 35.7 Å². The van der Waals surface area contributed by atoms with Crippen LogP contribution in [0.2, 0.25) is 5.02 Å². The van der Waals surface area contributed by atoms with E-state index in [4.69, 9.17) is 11.6 Å². The molecule has 0 nitrogen and oxygen atoms in total. The monoisotopic (exact) mass is 258 g/mol. The average Bonchev–Trinajstić information content (AvgIpc) is 2.30. The second-order valence-corrected chi connectivity index (χ2v) is 7.05. The highest BCUT2D eigenvalue weighted by molar-refractivity contribution is 8.17. The van der Waals surface area contributed by atoms with E-state index >= 15 is 0 Å². The number of rotatable bonds is 3. The first kappa shape index (κ1) is 11.7. The fourth-order valence-electron chi connectivity index (χ4n) is 1.64. The van der Waals surface area contributed by atoms with Gasteiger partial charge in [0.05, 0.1) is 4.58 Å². The molecule has 0 N–H and O–H groups in total. The molecule has 1 saturated heterocycles. The molecule has 0 aromatic heterocycles. The third kappa shape index (κ3) is 3.93. The van der Waals surface area contributed by atoms with E-state index in [0.717, 1.165) is 9.60 Å². The number of benzene rings is 1. The van der Waals surface area contributed by atoms with Gasteiger partial charge in [-0.05, 0) is 48.5 Å². The highest BCUT2D eigenvalue weighted by Gasteiger charge is 2.13. The van der Waals surface area contributed by atoms with Crippen LogP contribution in [-0.4, -0.2) is 16.1 Å². The van der Waals surface area contributed by atoms with Crippen LogP contribution in [0.5, 0.6) is 0 Å². The van der Waals surface area contributed by atoms with Crippen LogP contribution in [0.3, 0.4) is 0 Å². The Hall–Kier alpha value is 0.210. The first-order chi connectivity index (χ1) is 7.34. The summed E-state index contributed by atoms with van der Waals surface area (Å²) in [6.45, 7) is 0. The largest absolute Gasteiger partial charge is 0.148 e. The molecule has 0 saturated carbocycles. The Morgan fingerprint density at radius 3 is 2.47 bits per heavy atom. The van der Waals surface area contributed by atoms with Crippen LogP contribution in [0.4, 0.5) is 0 Å². The molecule has 0 atom stereocenters. The van der Waals surface area contributed by atoms with Crippen LogP contribution >= 0.6 is 35.1 Å². The van der Waals surface area contributed by atoms with Gasteiger partial charge in [-0.3, -0.25) is 0 Å². The molecule has 1 heterocycles. The molecule has 0 aliphatic carbocycles. The Balaban J connectivity index is 1.79. The molecule has 1 aromatic rings. The summed E-state index contributed by atoms with van der Waals surface area (Å²) in [6.07, 6.45) is 3.85. The highest BCUT2D eigenvalue weighted by atomic mass is 35.5. The maximum Gasteiger partial charge on any atom is 0.0505 e.